The number of thiazole rings is 1. The van der Waals surface area contributed by atoms with E-state index in [2.05, 4.69) is 10.3 Å². The molecule has 2 rings (SSSR count). The van der Waals surface area contributed by atoms with Crippen LogP contribution >= 0.6 is 22.7 Å². The fourth-order valence-corrected chi connectivity index (χ4v) is 2.41. The van der Waals surface area contributed by atoms with Crippen LogP contribution in [0.2, 0.25) is 0 Å². The van der Waals surface area contributed by atoms with Crippen molar-refractivity contribution in [3.8, 4) is 0 Å². The van der Waals surface area contributed by atoms with E-state index in [0.29, 0.717) is 5.13 Å². The summed E-state index contributed by atoms with van der Waals surface area (Å²) >= 11 is 3.02. The highest BCUT2D eigenvalue weighted by molar-refractivity contribution is 7.14. The number of rotatable bonds is 3. The zero-order valence-electron chi connectivity index (χ0n) is 8.64. The molecule has 0 aromatic carbocycles. The van der Waals surface area contributed by atoms with Gasteiger partial charge in [0.15, 0.2) is 5.13 Å². The van der Waals surface area contributed by atoms with Crippen LogP contribution in [0.1, 0.15) is 10.6 Å². The van der Waals surface area contributed by atoms with Crippen molar-refractivity contribution in [1.29, 1.82) is 0 Å². The molecule has 16 heavy (non-hydrogen) atoms. The molecular formula is C11H10N2OS2. The molecule has 0 saturated heterocycles. The lowest BCUT2D eigenvalue weighted by Crippen LogP contribution is -2.07. The fourth-order valence-electron chi connectivity index (χ4n) is 1.10. The first-order valence-electron chi connectivity index (χ1n) is 4.69. The summed E-state index contributed by atoms with van der Waals surface area (Å²) in [4.78, 5) is 16.7. The summed E-state index contributed by atoms with van der Waals surface area (Å²) < 4.78 is 0. The smallest absolute Gasteiger partial charge is 0.250 e. The van der Waals surface area contributed by atoms with Crippen molar-refractivity contribution < 1.29 is 4.79 Å². The van der Waals surface area contributed by atoms with Crippen LogP contribution in [0.3, 0.4) is 0 Å². The molecule has 1 amide bonds. The van der Waals surface area contributed by atoms with Gasteiger partial charge >= 0.3 is 0 Å². The number of aryl methyl sites for hydroxylation is 1. The van der Waals surface area contributed by atoms with E-state index in [0.717, 1.165) is 10.6 Å². The van der Waals surface area contributed by atoms with E-state index in [1.165, 1.54) is 17.4 Å². The largest absolute Gasteiger partial charge is 0.298 e. The van der Waals surface area contributed by atoms with Gasteiger partial charge in [-0.3, -0.25) is 10.1 Å². The summed E-state index contributed by atoms with van der Waals surface area (Å²) in [6.45, 7) is 1.90. The summed E-state index contributed by atoms with van der Waals surface area (Å²) in [7, 11) is 0. The molecular weight excluding hydrogens is 240 g/mol. The molecule has 2 heterocycles. The van der Waals surface area contributed by atoms with E-state index >= 15 is 0 Å². The molecule has 3 nitrogen and oxygen atoms in total. The molecule has 1 N–H and O–H groups in total. The van der Waals surface area contributed by atoms with Crippen LogP contribution in [0.4, 0.5) is 5.13 Å². The second-order valence-corrected chi connectivity index (χ2v) is 4.97. The van der Waals surface area contributed by atoms with E-state index in [1.807, 2.05) is 29.8 Å². The Morgan fingerprint density at radius 3 is 3.00 bits per heavy atom. The van der Waals surface area contributed by atoms with Gasteiger partial charge in [-0.05, 0) is 24.4 Å². The monoisotopic (exact) mass is 250 g/mol. The first-order valence-corrected chi connectivity index (χ1v) is 6.44. The van der Waals surface area contributed by atoms with E-state index in [-0.39, 0.29) is 5.91 Å². The van der Waals surface area contributed by atoms with Gasteiger partial charge < -0.3 is 0 Å². The van der Waals surface area contributed by atoms with E-state index < -0.39 is 0 Å². The number of hydrogen-bond donors (Lipinski definition) is 1. The predicted octanol–water partition coefficient (Wildman–Crippen LogP) is 3.16. The predicted molar refractivity (Wildman–Crippen MR) is 68.8 cm³/mol. The third-order valence-electron chi connectivity index (χ3n) is 1.79. The van der Waals surface area contributed by atoms with Gasteiger partial charge in [0, 0.05) is 16.3 Å². The number of carbonyl (C=O) groups excluding carboxylic acids is 1. The first-order chi connectivity index (χ1) is 7.74. The number of aromatic nitrogens is 1. The van der Waals surface area contributed by atoms with Crippen molar-refractivity contribution in [3.05, 3.63) is 39.5 Å². The maximum atomic E-state index is 11.5. The first kappa shape index (κ1) is 11.0. The number of anilines is 1. The molecule has 0 saturated carbocycles. The molecule has 0 aliphatic carbocycles. The minimum absolute atomic E-state index is 0.150. The zero-order valence-corrected chi connectivity index (χ0v) is 10.3. The highest BCUT2D eigenvalue weighted by Crippen LogP contribution is 2.15. The van der Waals surface area contributed by atoms with Gasteiger partial charge in [0.05, 0.1) is 5.69 Å². The summed E-state index contributed by atoms with van der Waals surface area (Å²) in [5.41, 5.74) is 0.919. The lowest BCUT2D eigenvalue weighted by Gasteiger charge is -1.94. The standard InChI is InChI=1S/C11H10N2OS2/c1-8-7-16-11(12-8)13-10(14)5-4-9-3-2-6-15-9/h2-7H,1H3,(H,12,13,14)/b5-4+. The van der Waals surface area contributed by atoms with Crippen LogP contribution in [-0.2, 0) is 4.79 Å². The Labute approximate surface area is 101 Å². The molecule has 0 fully saturated rings. The van der Waals surface area contributed by atoms with Crippen molar-refractivity contribution in [2.75, 3.05) is 5.32 Å². The van der Waals surface area contributed by atoms with Gasteiger partial charge in [-0.1, -0.05) is 6.07 Å². The van der Waals surface area contributed by atoms with E-state index in [4.69, 9.17) is 0 Å². The van der Waals surface area contributed by atoms with Crippen LogP contribution in [0.15, 0.2) is 29.0 Å². The third-order valence-corrected chi connectivity index (χ3v) is 3.50. The summed E-state index contributed by atoms with van der Waals surface area (Å²) in [5.74, 6) is -0.150. The second-order valence-electron chi connectivity index (χ2n) is 3.13. The molecule has 5 heteroatoms. The topological polar surface area (TPSA) is 42.0 Å². The molecule has 2 aromatic heterocycles. The minimum atomic E-state index is -0.150. The molecule has 2 aromatic rings. The lowest BCUT2D eigenvalue weighted by molar-refractivity contribution is -0.111. The highest BCUT2D eigenvalue weighted by atomic mass is 32.1. The Kier molecular flexibility index (Phi) is 3.48. The molecule has 0 radical (unpaired) electrons. The Balaban J connectivity index is 1.94. The van der Waals surface area contributed by atoms with Crippen LogP contribution in [0.5, 0.6) is 0 Å². The minimum Gasteiger partial charge on any atom is -0.298 e. The van der Waals surface area contributed by atoms with Gasteiger partial charge in [-0.15, -0.1) is 22.7 Å². The maximum absolute atomic E-state index is 11.5. The number of thiophene rings is 1. The molecule has 0 unspecified atom stereocenters. The summed E-state index contributed by atoms with van der Waals surface area (Å²) in [6, 6.07) is 3.91. The number of nitrogens with zero attached hydrogens (tertiary/aromatic N) is 1. The van der Waals surface area contributed by atoms with Crippen LogP contribution in [-0.4, -0.2) is 10.9 Å². The van der Waals surface area contributed by atoms with Gasteiger partial charge in [0.25, 0.3) is 0 Å². The van der Waals surface area contributed by atoms with E-state index in [1.54, 1.807) is 17.4 Å². The van der Waals surface area contributed by atoms with Gasteiger partial charge in [0.1, 0.15) is 0 Å². The van der Waals surface area contributed by atoms with Crippen molar-refractivity contribution in [2.24, 2.45) is 0 Å². The number of hydrogen-bond acceptors (Lipinski definition) is 4. The molecule has 0 bridgehead atoms. The SMILES string of the molecule is Cc1csc(NC(=O)/C=C/c2cccs2)n1. The molecule has 0 atom stereocenters. The van der Waals surface area contributed by atoms with Crippen molar-refractivity contribution >= 4 is 39.8 Å². The van der Waals surface area contributed by atoms with Crippen LogP contribution in [0.25, 0.3) is 6.08 Å². The number of nitrogens with one attached hydrogen (secondary N) is 1. The molecule has 0 spiro atoms. The maximum Gasteiger partial charge on any atom is 0.250 e. The highest BCUT2D eigenvalue weighted by Gasteiger charge is 2.01. The molecule has 82 valence electrons. The van der Waals surface area contributed by atoms with Crippen molar-refractivity contribution in [3.63, 3.8) is 0 Å². The van der Waals surface area contributed by atoms with Crippen LogP contribution in [0, 0.1) is 6.92 Å². The normalized spacial score (nSPS) is 10.8. The van der Waals surface area contributed by atoms with Crippen molar-refractivity contribution in [1.82, 2.24) is 4.98 Å². The fraction of sp³-hybridized carbons (Fsp3) is 0.0909. The van der Waals surface area contributed by atoms with E-state index in [9.17, 15) is 4.79 Å². The zero-order chi connectivity index (χ0) is 11.4. The average molecular weight is 250 g/mol. The second kappa shape index (κ2) is 5.05. The van der Waals surface area contributed by atoms with Gasteiger partial charge in [-0.2, -0.15) is 0 Å². The Bertz CT molecular complexity index is 500. The lowest BCUT2D eigenvalue weighted by atomic mass is 10.4. The number of carbonyl (C=O) groups is 1. The summed E-state index contributed by atoms with van der Waals surface area (Å²) in [6.07, 6.45) is 3.31. The van der Waals surface area contributed by atoms with Crippen molar-refractivity contribution in [2.45, 2.75) is 6.92 Å². The Morgan fingerprint density at radius 1 is 1.50 bits per heavy atom. The van der Waals surface area contributed by atoms with Gasteiger partial charge in [0.2, 0.25) is 5.91 Å². The van der Waals surface area contributed by atoms with Crippen LogP contribution < -0.4 is 5.32 Å². The van der Waals surface area contributed by atoms with Gasteiger partial charge in [-0.25, -0.2) is 4.98 Å². The molecule has 0 aliphatic heterocycles. The average Bonchev–Trinajstić information content (AvgIpc) is 2.87. The molecule has 0 aliphatic rings. The summed E-state index contributed by atoms with van der Waals surface area (Å²) in [5, 5.41) is 7.22. The quantitative estimate of drug-likeness (QED) is 0.850. The Hall–Kier alpha value is -1.46. The number of amides is 1. The Morgan fingerprint density at radius 2 is 2.38 bits per heavy atom. The third kappa shape index (κ3) is 3.01.